The van der Waals surface area contributed by atoms with E-state index in [2.05, 4.69) is 15.0 Å². The topological polar surface area (TPSA) is 105 Å². The van der Waals surface area contributed by atoms with Gasteiger partial charge in [0.1, 0.15) is 18.5 Å². The molecule has 0 bridgehead atoms. The van der Waals surface area contributed by atoms with Crippen LogP contribution >= 0.6 is 0 Å². The van der Waals surface area contributed by atoms with Crippen LogP contribution in [0.4, 0.5) is 23.5 Å². The first-order chi connectivity index (χ1) is 23.1. The maximum absolute atomic E-state index is 15.5. The third-order valence-electron chi connectivity index (χ3n) is 7.72. The summed E-state index contributed by atoms with van der Waals surface area (Å²) in [5, 5.41) is 0. The Morgan fingerprint density at radius 2 is 1.79 bits per heavy atom. The molecule has 6 rings (SSSR count). The van der Waals surface area contributed by atoms with Crippen molar-refractivity contribution in [2.24, 2.45) is 0 Å². The van der Waals surface area contributed by atoms with E-state index < -0.39 is 35.9 Å². The molecule has 14 heteroatoms. The highest BCUT2D eigenvalue weighted by Crippen LogP contribution is 2.39. The average Bonchev–Trinajstić information content (AvgIpc) is 3.62. The molecule has 48 heavy (non-hydrogen) atoms. The minimum absolute atomic E-state index is 0.00266. The van der Waals surface area contributed by atoms with Crippen molar-refractivity contribution in [2.45, 2.75) is 45.1 Å². The second-order valence-electron chi connectivity index (χ2n) is 11.2. The Balaban J connectivity index is 1.35. The Morgan fingerprint density at radius 1 is 1.02 bits per heavy atom. The van der Waals surface area contributed by atoms with Crippen molar-refractivity contribution >= 4 is 11.9 Å². The van der Waals surface area contributed by atoms with Gasteiger partial charge in [-0.25, -0.2) is 24.1 Å². The van der Waals surface area contributed by atoms with Crippen LogP contribution in [-0.4, -0.2) is 59.9 Å². The molecule has 2 atom stereocenters. The fourth-order valence-electron chi connectivity index (χ4n) is 5.49. The van der Waals surface area contributed by atoms with Gasteiger partial charge in [0.05, 0.1) is 49.3 Å². The van der Waals surface area contributed by atoms with E-state index >= 15 is 4.39 Å². The standard InChI is InChI=1S/C34H32F4N4O6/c1-3-44-31(43)30-28(32-45-13-14-46-32)29(24-11-10-23(15-25(24)35)34(36,37)38)40-33(41-30)42-17-20(2)48-26(18-42)22-9-12-27(39-16-22)47-19-21-7-5-4-6-8-21/h4-12,15-16,20,26,32H,3,13-14,17-19H2,1-2H3/t20-,26-/m1/s1. The molecule has 2 fully saturated rings. The van der Waals surface area contributed by atoms with E-state index in [1.807, 2.05) is 43.3 Å². The Hall–Kier alpha value is -4.66. The minimum atomic E-state index is -4.77. The number of pyridine rings is 1. The second-order valence-corrected chi connectivity index (χ2v) is 11.2. The van der Waals surface area contributed by atoms with E-state index in [-0.39, 0.29) is 67.5 Å². The predicted molar refractivity (Wildman–Crippen MR) is 164 cm³/mol. The number of hydrogen-bond donors (Lipinski definition) is 0. The minimum Gasteiger partial charge on any atom is -0.473 e. The van der Waals surface area contributed by atoms with Crippen LogP contribution in [0.25, 0.3) is 11.3 Å². The Kier molecular flexibility index (Phi) is 9.85. The number of carbonyl (C=O) groups excluding carboxylic acids is 1. The zero-order valence-electron chi connectivity index (χ0n) is 26.1. The summed E-state index contributed by atoms with van der Waals surface area (Å²) in [5.74, 6) is -1.60. The van der Waals surface area contributed by atoms with Crippen LogP contribution in [0.1, 0.15) is 59.0 Å². The summed E-state index contributed by atoms with van der Waals surface area (Å²) in [6.07, 6.45) is -5.16. The molecule has 2 aliphatic rings. The largest absolute Gasteiger partial charge is 0.473 e. The number of esters is 1. The smallest absolute Gasteiger partial charge is 0.416 e. The molecule has 0 radical (unpaired) electrons. The number of anilines is 1. The lowest BCUT2D eigenvalue weighted by Gasteiger charge is -2.37. The van der Waals surface area contributed by atoms with E-state index in [0.29, 0.717) is 18.6 Å². The molecule has 0 saturated carbocycles. The third-order valence-corrected chi connectivity index (χ3v) is 7.72. The van der Waals surface area contributed by atoms with Crippen molar-refractivity contribution in [1.29, 1.82) is 0 Å². The van der Waals surface area contributed by atoms with E-state index in [1.54, 1.807) is 24.1 Å². The molecule has 4 heterocycles. The Bertz CT molecular complexity index is 1740. The normalized spacial score (nSPS) is 18.6. The molecule has 4 aromatic rings. The van der Waals surface area contributed by atoms with Crippen molar-refractivity contribution in [3.8, 4) is 17.1 Å². The highest BCUT2D eigenvalue weighted by Gasteiger charge is 2.37. The molecule has 2 aromatic carbocycles. The first-order valence-electron chi connectivity index (χ1n) is 15.3. The zero-order chi connectivity index (χ0) is 33.8. The van der Waals surface area contributed by atoms with Gasteiger partial charge < -0.3 is 28.6 Å². The lowest BCUT2D eigenvalue weighted by atomic mass is 10.0. The van der Waals surface area contributed by atoms with Crippen LogP contribution in [0, 0.1) is 5.82 Å². The summed E-state index contributed by atoms with van der Waals surface area (Å²) in [7, 11) is 0. The number of benzene rings is 2. The quantitative estimate of drug-likeness (QED) is 0.146. The number of aromatic nitrogens is 3. The van der Waals surface area contributed by atoms with Gasteiger partial charge in [0.25, 0.3) is 0 Å². The van der Waals surface area contributed by atoms with E-state index in [4.69, 9.17) is 23.7 Å². The number of rotatable bonds is 9. The molecule has 2 aromatic heterocycles. The first-order valence-corrected chi connectivity index (χ1v) is 15.3. The zero-order valence-corrected chi connectivity index (χ0v) is 26.1. The molecular weight excluding hydrogens is 636 g/mol. The fraction of sp³-hybridized carbons (Fsp3) is 0.353. The van der Waals surface area contributed by atoms with Crippen molar-refractivity contribution in [3.63, 3.8) is 0 Å². The van der Waals surface area contributed by atoms with Gasteiger partial charge >= 0.3 is 12.1 Å². The van der Waals surface area contributed by atoms with Crippen LogP contribution in [0.3, 0.4) is 0 Å². The van der Waals surface area contributed by atoms with E-state index in [0.717, 1.165) is 23.3 Å². The Morgan fingerprint density at radius 3 is 2.46 bits per heavy atom. The van der Waals surface area contributed by atoms with Gasteiger partial charge in [-0.05, 0) is 43.7 Å². The molecule has 0 spiro atoms. The van der Waals surface area contributed by atoms with Gasteiger partial charge in [-0.2, -0.15) is 13.2 Å². The predicted octanol–water partition coefficient (Wildman–Crippen LogP) is 6.46. The second kappa shape index (κ2) is 14.2. The molecule has 0 amide bonds. The average molecular weight is 669 g/mol. The van der Waals surface area contributed by atoms with Crippen molar-refractivity contribution in [3.05, 3.63) is 101 Å². The highest BCUT2D eigenvalue weighted by atomic mass is 19.4. The van der Waals surface area contributed by atoms with Crippen LogP contribution in [-0.2, 0) is 31.7 Å². The number of nitrogens with zero attached hydrogens (tertiary/aromatic N) is 4. The first kappa shape index (κ1) is 33.2. The van der Waals surface area contributed by atoms with Gasteiger partial charge in [-0.15, -0.1) is 0 Å². The maximum Gasteiger partial charge on any atom is 0.416 e. The molecule has 252 valence electrons. The van der Waals surface area contributed by atoms with Gasteiger partial charge in [0.2, 0.25) is 11.8 Å². The summed E-state index contributed by atoms with van der Waals surface area (Å²) < 4.78 is 84.3. The third kappa shape index (κ3) is 7.40. The van der Waals surface area contributed by atoms with Crippen molar-refractivity contribution in [2.75, 3.05) is 37.8 Å². The van der Waals surface area contributed by atoms with Gasteiger partial charge in [-0.1, -0.05) is 30.3 Å². The number of halogens is 4. The molecule has 2 aliphatic heterocycles. The summed E-state index contributed by atoms with van der Waals surface area (Å²) in [6.45, 7) is 4.64. The van der Waals surface area contributed by atoms with Crippen LogP contribution < -0.4 is 9.64 Å². The summed E-state index contributed by atoms with van der Waals surface area (Å²) in [6, 6.07) is 15.3. The molecular formula is C34H32F4N4O6. The van der Waals surface area contributed by atoms with Gasteiger partial charge in [0.15, 0.2) is 12.0 Å². The van der Waals surface area contributed by atoms with Crippen molar-refractivity contribution in [1.82, 2.24) is 15.0 Å². The SMILES string of the molecule is CCOC(=O)c1nc(N2C[C@@H](C)O[C@@H](c3ccc(OCc4ccccc4)nc3)C2)nc(-c2ccc(C(F)(F)F)cc2F)c1C1OCCO1. The maximum atomic E-state index is 15.5. The monoisotopic (exact) mass is 668 g/mol. The number of carbonyl (C=O) groups is 1. The van der Waals surface area contributed by atoms with E-state index in [1.165, 1.54) is 0 Å². The Labute approximate surface area is 273 Å². The lowest BCUT2D eigenvalue weighted by Crippen LogP contribution is -2.44. The molecule has 10 nitrogen and oxygen atoms in total. The van der Waals surface area contributed by atoms with Crippen LogP contribution in [0.5, 0.6) is 5.88 Å². The molecule has 0 aliphatic carbocycles. The number of hydrogen-bond acceptors (Lipinski definition) is 10. The number of morpholine rings is 1. The summed E-state index contributed by atoms with van der Waals surface area (Å²) >= 11 is 0. The summed E-state index contributed by atoms with van der Waals surface area (Å²) in [5.41, 5.74) is -0.172. The van der Waals surface area contributed by atoms with Crippen molar-refractivity contribution < 1.29 is 46.0 Å². The number of alkyl halides is 3. The van der Waals surface area contributed by atoms with Gasteiger partial charge in [0, 0.05) is 29.9 Å². The molecule has 0 unspecified atom stereocenters. The lowest BCUT2D eigenvalue weighted by molar-refractivity contribution is -0.137. The summed E-state index contributed by atoms with van der Waals surface area (Å²) in [4.78, 5) is 28.7. The van der Waals surface area contributed by atoms with Crippen LogP contribution in [0.15, 0.2) is 66.9 Å². The highest BCUT2D eigenvalue weighted by molar-refractivity contribution is 5.91. The van der Waals surface area contributed by atoms with Crippen LogP contribution in [0.2, 0.25) is 0 Å². The van der Waals surface area contributed by atoms with E-state index in [9.17, 15) is 18.0 Å². The number of ether oxygens (including phenoxy) is 5. The van der Waals surface area contributed by atoms with Gasteiger partial charge in [-0.3, -0.25) is 0 Å². The molecule has 0 N–H and O–H groups in total. The fourth-order valence-corrected chi connectivity index (χ4v) is 5.49. The molecule has 2 saturated heterocycles.